The second-order valence-electron chi connectivity index (χ2n) is 10.1. The molecule has 1 heterocycles. The number of anilines is 1. The summed E-state index contributed by atoms with van der Waals surface area (Å²) in [6, 6.07) is 27.6. The van der Waals surface area contributed by atoms with Crippen molar-refractivity contribution >= 4 is 63.5 Å². The topological polar surface area (TPSA) is 41.9 Å². The van der Waals surface area contributed by atoms with E-state index in [9.17, 15) is 4.79 Å². The lowest BCUT2D eigenvalue weighted by Crippen LogP contribution is -2.28. The van der Waals surface area contributed by atoms with Crippen molar-refractivity contribution in [2.75, 3.05) is 4.90 Å². The summed E-state index contributed by atoms with van der Waals surface area (Å²) in [5.41, 5.74) is 6.83. The first-order valence-corrected chi connectivity index (χ1v) is 15.8. The van der Waals surface area contributed by atoms with Crippen LogP contribution in [-0.4, -0.2) is 11.1 Å². The first kappa shape index (κ1) is 30.7. The fourth-order valence-corrected chi connectivity index (χ4v) is 5.98. The Morgan fingerprint density at radius 1 is 0.860 bits per heavy atom. The highest BCUT2D eigenvalue weighted by molar-refractivity contribution is 8.19. The second kappa shape index (κ2) is 14.1. The molecule has 0 radical (unpaired) electrons. The van der Waals surface area contributed by atoms with Gasteiger partial charge < -0.3 is 4.74 Å². The predicted molar refractivity (Wildman–Crippen MR) is 183 cm³/mol. The van der Waals surface area contributed by atoms with Crippen LogP contribution in [0.5, 0.6) is 5.75 Å². The van der Waals surface area contributed by atoms with E-state index in [0.717, 1.165) is 46.7 Å². The van der Waals surface area contributed by atoms with Crippen molar-refractivity contribution in [3.63, 3.8) is 0 Å². The van der Waals surface area contributed by atoms with Gasteiger partial charge in [0.1, 0.15) is 12.4 Å². The molecule has 0 atom stereocenters. The number of carbonyl (C=O) groups excluding carboxylic acids is 1. The van der Waals surface area contributed by atoms with E-state index in [1.165, 1.54) is 22.9 Å². The summed E-state index contributed by atoms with van der Waals surface area (Å²) in [6.45, 7) is 8.50. The van der Waals surface area contributed by atoms with Gasteiger partial charge in [0.25, 0.3) is 5.91 Å². The van der Waals surface area contributed by atoms with Crippen LogP contribution in [-0.2, 0) is 30.7 Å². The third kappa shape index (κ3) is 7.42. The third-order valence-corrected chi connectivity index (χ3v) is 8.81. The van der Waals surface area contributed by atoms with Crippen molar-refractivity contribution in [1.29, 1.82) is 0 Å². The van der Waals surface area contributed by atoms with E-state index in [1.807, 2.05) is 60.7 Å². The molecule has 0 aromatic heterocycles. The fourth-order valence-electron chi connectivity index (χ4n) is 4.66. The molecule has 43 heavy (non-hydrogen) atoms. The van der Waals surface area contributed by atoms with Gasteiger partial charge in [-0.25, -0.2) is 4.99 Å². The lowest BCUT2D eigenvalue weighted by molar-refractivity contribution is -0.113. The molecule has 1 aliphatic rings. The lowest BCUT2D eigenvalue weighted by Gasteiger charge is -2.16. The SMILES string of the molecule is C=CCc1cc(/C=C2\SC(=Nc3ccc(CC)cc3)N(c3ccc(CC)cc3)C2=O)ccc1OCc1ccc(Cl)c(Cl)c1. The predicted octanol–water partition coefficient (Wildman–Crippen LogP) is 10.2. The zero-order valence-electron chi connectivity index (χ0n) is 24.1. The molecule has 0 aliphatic carbocycles. The summed E-state index contributed by atoms with van der Waals surface area (Å²) in [5.74, 6) is 0.636. The number of carbonyl (C=O) groups is 1. The Labute approximate surface area is 267 Å². The number of benzene rings is 4. The fraction of sp³-hybridized carbons (Fsp3) is 0.167. The first-order valence-electron chi connectivity index (χ1n) is 14.2. The molecule has 4 aromatic rings. The largest absolute Gasteiger partial charge is 0.489 e. The molecule has 1 fully saturated rings. The van der Waals surface area contributed by atoms with Gasteiger partial charge in [0.15, 0.2) is 5.17 Å². The summed E-state index contributed by atoms with van der Waals surface area (Å²) in [5, 5.41) is 1.62. The minimum Gasteiger partial charge on any atom is -0.489 e. The van der Waals surface area contributed by atoms with Gasteiger partial charge in [0, 0.05) is 0 Å². The van der Waals surface area contributed by atoms with Gasteiger partial charge >= 0.3 is 0 Å². The molecule has 218 valence electrons. The molecule has 4 aromatic carbocycles. The maximum absolute atomic E-state index is 13.8. The number of hydrogen-bond acceptors (Lipinski definition) is 4. The van der Waals surface area contributed by atoms with E-state index < -0.39 is 0 Å². The number of amides is 1. The maximum Gasteiger partial charge on any atom is 0.271 e. The zero-order chi connectivity index (χ0) is 30.3. The molecular formula is C36H32Cl2N2O2S. The van der Waals surface area contributed by atoms with E-state index >= 15 is 0 Å². The number of aliphatic imine (C=N–C) groups is 1. The maximum atomic E-state index is 13.8. The third-order valence-electron chi connectivity index (χ3n) is 7.10. The second-order valence-corrected chi connectivity index (χ2v) is 11.9. The number of rotatable bonds is 10. The van der Waals surface area contributed by atoms with E-state index in [1.54, 1.807) is 17.0 Å². The summed E-state index contributed by atoms with van der Waals surface area (Å²) in [7, 11) is 0. The van der Waals surface area contributed by atoms with E-state index in [4.69, 9.17) is 32.9 Å². The number of allylic oxidation sites excluding steroid dienone is 1. The van der Waals surface area contributed by atoms with Gasteiger partial charge in [-0.2, -0.15) is 0 Å². The number of aryl methyl sites for hydroxylation is 2. The minimum absolute atomic E-state index is 0.108. The lowest BCUT2D eigenvalue weighted by atomic mass is 10.1. The molecule has 0 saturated carbocycles. The van der Waals surface area contributed by atoms with Crippen LogP contribution < -0.4 is 9.64 Å². The van der Waals surface area contributed by atoms with Gasteiger partial charge in [0.05, 0.1) is 26.3 Å². The number of ether oxygens (including phenoxy) is 1. The molecule has 0 bridgehead atoms. The van der Waals surface area contributed by atoms with Crippen LogP contribution >= 0.6 is 35.0 Å². The highest BCUT2D eigenvalue weighted by Gasteiger charge is 2.34. The monoisotopic (exact) mass is 626 g/mol. The number of hydrogen-bond donors (Lipinski definition) is 0. The Morgan fingerprint density at radius 2 is 1.53 bits per heavy atom. The van der Waals surface area contributed by atoms with Crippen LogP contribution in [0.3, 0.4) is 0 Å². The first-order chi connectivity index (χ1) is 20.9. The Hall–Kier alpha value is -3.77. The highest BCUT2D eigenvalue weighted by atomic mass is 35.5. The smallest absolute Gasteiger partial charge is 0.271 e. The highest BCUT2D eigenvalue weighted by Crippen LogP contribution is 2.38. The van der Waals surface area contributed by atoms with Gasteiger partial charge in [-0.15, -0.1) is 6.58 Å². The van der Waals surface area contributed by atoms with Crippen LogP contribution in [0.1, 0.15) is 41.7 Å². The van der Waals surface area contributed by atoms with Crippen LogP contribution in [0.25, 0.3) is 6.08 Å². The average molecular weight is 628 g/mol. The summed E-state index contributed by atoms with van der Waals surface area (Å²) < 4.78 is 6.14. The average Bonchev–Trinajstić information content (AvgIpc) is 3.32. The van der Waals surface area contributed by atoms with E-state index in [-0.39, 0.29) is 5.91 Å². The van der Waals surface area contributed by atoms with Crippen molar-refractivity contribution in [3.05, 3.63) is 140 Å². The van der Waals surface area contributed by atoms with Crippen LogP contribution in [0.4, 0.5) is 11.4 Å². The Balaban J connectivity index is 1.45. The Kier molecular flexibility index (Phi) is 10.1. The van der Waals surface area contributed by atoms with Crippen molar-refractivity contribution in [2.24, 2.45) is 4.99 Å². The Morgan fingerprint density at radius 3 is 2.19 bits per heavy atom. The van der Waals surface area contributed by atoms with Gasteiger partial charge in [-0.05, 0) is 113 Å². The van der Waals surface area contributed by atoms with Crippen LogP contribution in [0.15, 0.2) is 107 Å². The standard InChI is InChI=1S/C36H32Cl2N2O2S/c1-4-7-28-20-26(13-19-33(28)42-23-27-12-18-31(37)32(38)21-27)22-34-35(41)40(30-16-10-25(6-3)11-17-30)36(43-34)39-29-14-8-24(5-2)9-15-29/h4,8-22H,1,5-7,23H2,2-3H3/b34-22-,39-36?. The van der Waals surface area contributed by atoms with Crippen molar-refractivity contribution in [2.45, 2.75) is 39.7 Å². The van der Waals surface area contributed by atoms with Crippen LogP contribution in [0.2, 0.25) is 10.0 Å². The molecule has 0 unspecified atom stereocenters. The molecule has 1 amide bonds. The molecular weight excluding hydrogens is 595 g/mol. The molecule has 7 heteroatoms. The molecule has 1 aliphatic heterocycles. The number of nitrogens with zero attached hydrogens (tertiary/aromatic N) is 2. The molecule has 1 saturated heterocycles. The number of halogens is 2. The van der Waals surface area contributed by atoms with E-state index in [0.29, 0.717) is 33.1 Å². The van der Waals surface area contributed by atoms with Gasteiger partial charge in [0.2, 0.25) is 0 Å². The van der Waals surface area contributed by atoms with Gasteiger partial charge in [-0.1, -0.05) is 79.5 Å². The number of amidine groups is 1. The summed E-state index contributed by atoms with van der Waals surface area (Å²) >= 11 is 13.6. The molecule has 0 spiro atoms. The van der Waals surface area contributed by atoms with E-state index in [2.05, 4.69) is 44.7 Å². The molecule has 5 rings (SSSR count). The van der Waals surface area contributed by atoms with Gasteiger partial charge in [-0.3, -0.25) is 9.69 Å². The zero-order valence-corrected chi connectivity index (χ0v) is 26.5. The minimum atomic E-state index is -0.108. The van der Waals surface area contributed by atoms with Crippen molar-refractivity contribution in [1.82, 2.24) is 0 Å². The molecule has 4 nitrogen and oxygen atoms in total. The van der Waals surface area contributed by atoms with Crippen molar-refractivity contribution < 1.29 is 9.53 Å². The molecule has 0 N–H and O–H groups in total. The quantitative estimate of drug-likeness (QED) is 0.130. The number of thioether (sulfide) groups is 1. The Bertz CT molecular complexity index is 1700. The summed E-state index contributed by atoms with van der Waals surface area (Å²) in [6.07, 6.45) is 6.26. The normalized spacial score (nSPS) is 15.0. The van der Waals surface area contributed by atoms with Crippen molar-refractivity contribution in [3.8, 4) is 5.75 Å². The van der Waals surface area contributed by atoms with Crippen LogP contribution in [0, 0.1) is 0 Å². The summed E-state index contributed by atoms with van der Waals surface area (Å²) in [4.78, 5) is 21.0.